The molecule has 0 bridgehead atoms. The number of methoxy groups -OCH3 is 1. The molecule has 232 valence electrons. The minimum absolute atomic E-state index is 0.0705. The summed E-state index contributed by atoms with van der Waals surface area (Å²) < 4.78 is 43.2. The fourth-order valence-corrected chi connectivity index (χ4v) is 8.68. The first-order valence-electron chi connectivity index (χ1n) is 15.5. The molecule has 3 atom stereocenters. The number of carbonyl (C=O) groups excluding carboxylic acids is 1. The molecule has 0 saturated carbocycles. The lowest BCUT2D eigenvalue weighted by atomic mass is 9.79. The van der Waals surface area contributed by atoms with Crippen LogP contribution in [0.4, 0.5) is 4.79 Å². The lowest BCUT2D eigenvalue weighted by Crippen LogP contribution is -2.40. The molecule has 1 fully saturated rings. The minimum Gasteiger partial charge on any atom is -0.497 e. The van der Waals surface area contributed by atoms with Gasteiger partial charge in [0.25, 0.3) is 0 Å². The maximum absolute atomic E-state index is 14.1. The lowest BCUT2D eigenvalue weighted by molar-refractivity contribution is 0.0538. The van der Waals surface area contributed by atoms with Gasteiger partial charge in [-0.25, -0.2) is 17.8 Å². The Labute approximate surface area is 260 Å². The van der Waals surface area contributed by atoms with Crippen LogP contribution in [0.2, 0.25) is 0 Å². The fourth-order valence-electron chi connectivity index (χ4n) is 7.16. The predicted octanol–water partition coefficient (Wildman–Crippen LogP) is 7.77. The van der Waals surface area contributed by atoms with E-state index in [0.29, 0.717) is 18.0 Å². The highest BCUT2D eigenvalue weighted by Gasteiger charge is 2.48. The summed E-state index contributed by atoms with van der Waals surface area (Å²) in [7, 11) is -2.09. The van der Waals surface area contributed by atoms with E-state index in [1.807, 2.05) is 64.1 Å². The minimum atomic E-state index is -3.73. The molecular formula is C36H42N2O5S. The summed E-state index contributed by atoms with van der Waals surface area (Å²) in [5, 5.41) is 1.05. The maximum atomic E-state index is 14.1. The highest BCUT2D eigenvalue weighted by Crippen LogP contribution is 2.56. The molecular weight excluding hydrogens is 572 g/mol. The number of fused-ring (bicyclic) bond motifs is 5. The second-order valence-corrected chi connectivity index (χ2v) is 15.3. The molecule has 1 saturated heterocycles. The molecule has 3 aromatic carbocycles. The first-order valence-corrected chi connectivity index (χ1v) is 16.9. The van der Waals surface area contributed by atoms with Crippen molar-refractivity contribution in [2.24, 2.45) is 5.92 Å². The van der Waals surface area contributed by atoms with Crippen LogP contribution in [-0.2, 0) is 14.8 Å². The van der Waals surface area contributed by atoms with Crippen LogP contribution >= 0.6 is 0 Å². The van der Waals surface area contributed by atoms with Crippen LogP contribution < -0.4 is 4.74 Å². The van der Waals surface area contributed by atoms with Gasteiger partial charge in [0.15, 0.2) is 0 Å². The number of ether oxygens (including phenoxy) is 2. The molecule has 0 radical (unpaired) electrons. The monoisotopic (exact) mass is 614 g/mol. The van der Waals surface area contributed by atoms with Crippen LogP contribution in [0, 0.1) is 19.8 Å². The number of aromatic nitrogens is 1. The summed E-state index contributed by atoms with van der Waals surface area (Å²) in [6.45, 7) is 10.5. The van der Waals surface area contributed by atoms with Gasteiger partial charge in [-0.15, -0.1) is 0 Å². The van der Waals surface area contributed by atoms with E-state index in [-0.39, 0.29) is 17.8 Å². The van der Waals surface area contributed by atoms with Gasteiger partial charge in [0.2, 0.25) is 10.0 Å². The summed E-state index contributed by atoms with van der Waals surface area (Å²) in [5.74, 6) is 0.511. The molecule has 7 nitrogen and oxygen atoms in total. The topological polar surface area (TPSA) is 77.8 Å². The van der Waals surface area contributed by atoms with E-state index >= 15 is 0 Å². The first kappa shape index (κ1) is 30.4. The molecule has 8 heteroatoms. The first-order chi connectivity index (χ1) is 20.9. The van der Waals surface area contributed by atoms with Crippen LogP contribution in [0.5, 0.6) is 5.75 Å². The summed E-state index contributed by atoms with van der Waals surface area (Å²) in [4.78, 5) is 14.4. The zero-order chi connectivity index (χ0) is 31.4. The van der Waals surface area contributed by atoms with E-state index in [1.165, 1.54) is 0 Å². The number of benzene rings is 3. The van der Waals surface area contributed by atoms with E-state index in [1.54, 1.807) is 28.1 Å². The molecule has 1 aliphatic heterocycles. The van der Waals surface area contributed by atoms with Crippen LogP contribution in [0.15, 0.2) is 71.6 Å². The average Bonchev–Trinajstić information content (AvgIpc) is 3.43. The van der Waals surface area contributed by atoms with E-state index < -0.39 is 21.7 Å². The van der Waals surface area contributed by atoms with Crippen molar-refractivity contribution in [1.29, 1.82) is 0 Å². The van der Waals surface area contributed by atoms with Crippen molar-refractivity contribution in [1.82, 2.24) is 8.87 Å². The average molecular weight is 615 g/mol. The molecule has 0 amide bonds. The molecule has 6 rings (SSSR count). The molecule has 0 spiro atoms. The van der Waals surface area contributed by atoms with Gasteiger partial charge in [0.05, 0.1) is 17.5 Å². The number of hydrogen-bond acceptors (Lipinski definition) is 5. The van der Waals surface area contributed by atoms with Gasteiger partial charge in [-0.2, -0.15) is 4.31 Å². The smallest absolute Gasteiger partial charge is 0.419 e. The van der Waals surface area contributed by atoms with Crippen LogP contribution in [0.1, 0.15) is 79.8 Å². The van der Waals surface area contributed by atoms with E-state index in [2.05, 4.69) is 25.1 Å². The van der Waals surface area contributed by atoms with Crippen molar-refractivity contribution in [3.63, 3.8) is 0 Å². The van der Waals surface area contributed by atoms with Crippen molar-refractivity contribution < 1.29 is 22.7 Å². The van der Waals surface area contributed by atoms with E-state index in [9.17, 15) is 13.2 Å². The zero-order valence-corrected chi connectivity index (χ0v) is 27.3. The third-order valence-corrected chi connectivity index (χ3v) is 11.0. The maximum Gasteiger partial charge on any atom is 0.419 e. The highest BCUT2D eigenvalue weighted by molar-refractivity contribution is 7.89. The normalized spacial score (nSPS) is 20.9. The van der Waals surface area contributed by atoms with Crippen LogP contribution in [-0.4, -0.2) is 49.2 Å². The molecule has 4 aromatic rings. The Morgan fingerprint density at radius 2 is 1.59 bits per heavy atom. The SMILES string of the molecule is COc1ccc([C@H]2c3c(c4cc(C)ccc4n3C(=O)OC(C)(C)C)[C@@H]3CCCCN(S(=O)(=O)c4ccc(C)cc4)C[C@H]23)cc1. The molecule has 2 heterocycles. The lowest BCUT2D eigenvalue weighted by Gasteiger charge is -2.34. The van der Waals surface area contributed by atoms with Crippen molar-refractivity contribution in [2.45, 2.75) is 76.2 Å². The van der Waals surface area contributed by atoms with Crippen molar-refractivity contribution in [3.8, 4) is 5.75 Å². The highest BCUT2D eigenvalue weighted by atomic mass is 32.2. The van der Waals surface area contributed by atoms with Crippen molar-refractivity contribution in [3.05, 3.63) is 94.7 Å². The number of sulfonamides is 1. The number of rotatable bonds is 4. The Bertz CT molecular complexity index is 1800. The predicted molar refractivity (Wildman–Crippen MR) is 173 cm³/mol. The van der Waals surface area contributed by atoms with Gasteiger partial charge in [-0.3, -0.25) is 0 Å². The van der Waals surface area contributed by atoms with E-state index in [0.717, 1.165) is 63.9 Å². The molecule has 0 unspecified atom stereocenters. The molecule has 1 aromatic heterocycles. The van der Waals surface area contributed by atoms with Gasteiger partial charge in [-0.1, -0.05) is 47.9 Å². The Kier molecular flexibility index (Phi) is 7.87. The summed E-state index contributed by atoms with van der Waals surface area (Å²) in [6, 6.07) is 21.3. The molecule has 2 aliphatic rings. The van der Waals surface area contributed by atoms with Gasteiger partial charge in [0, 0.05) is 30.1 Å². The Hall–Kier alpha value is -3.62. The van der Waals surface area contributed by atoms with Crippen molar-refractivity contribution in [2.75, 3.05) is 20.2 Å². The van der Waals surface area contributed by atoms with Crippen LogP contribution in [0.25, 0.3) is 10.9 Å². The second kappa shape index (κ2) is 11.4. The fraction of sp³-hybridized carbons (Fsp3) is 0.417. The quantitative estimate of drug-likeness (QED) is 0.235. The largest absolute Gasteiger partial charge is 0.497 e. The standard InChI is InChI=1S/C36H42N2O5S/c1-23-10-17-27(18-11-23)44(40,41)37-20-8-7-9-28-30(22-37)32(25-13-15-26(42-6)16-14-25)34-33(28)29-21-24(2)12-19-31(29)38(34)35(39)43-36(3,4)5/h10-19,21,28,30,32H,7-9,20,22H2,1-6H3/t28-,30+,32-/m1/s1. The van der Waals surface area contributed by atoms with Crippen LogP contribution in [0.3, 0.4) is 0 Å². The Morgan fingerprint density at radius 1 is 0.909 bits per heavy atom. The van der Waals surface area contributed by atoms with E-state index in [4.69, 9.17) is 9.47 Å². The summed E-state index contributed by atoms with van der Waals surface area (Å²) in [6.07, 6.45) is 2.18. The Morgan fingerprint density at radius 3 is 2.25 bits per heavy atom. The number of carbonyl (C=O) groups is 1. The van der Waals surface area contributed by atoms with Gasteiger partial charge in [-0.05, 0) is 107 Å². The zero-order valence-electron chi connectivity index (χ0n) is 26.5. The molecule has 0 N–H and O–H groups in total. The third-order valence-electron chi connectivity index (χ3n) is 9.11. The third kappa shape index (κ3) is 5.43. The van der Waals surface area contributed by atoms with Gasteiger partial charge < -0.3 is 9.47 Å². The van der Waals surface area contributed by atoms with Crippen molar-refractivity contribution >= 4 is 27.0 Å². The van der Waals surface area contributed by atoms with Gasteiger partial charge in [0.1, 0.15) is 11.4 Å². The number of nitrogens with zero attached hydrogens (tertiary/aromatic N) is 2. The second-order valence-electron chi connectivity index (χ2n) is 13.3. The molecule has 44 heavy (non-hydrogen) atoms. The molecule has 1 aliphatic carbocycles. The van der Waals surface area contributed by atoms with Gasteiger partial charge >= 0.3 is 6.09 Å². The summed E-state index contributed by atoms with van der Waals surface area (Å²) in [5.41, 5.74) is 5.36. The number of hydrogen-bond donors (Lipinski definition) is 0. The Balaban J connectivity index is 1.56. The summed E-state index contributed by atoms with van der Waals surface area (Å²) >= 11 is 0. The number of aryl methyl sites for hydroxylation is 2.